The Morgan fingerprint density at radius 3 is 2.76 bits per heavy atom. The van der Waals surface area contributed by atoms with Gasteiger partial charge in [-0.05, 0) is 20.0 Å². The van der Waals surface area contributed by atoms with Crippen molar-refractivity contribution in [1.29, 1.82) is 0 Å². The molecule has 3 heteroatoms. The van der Waals surface area contributed by atoms with Crippen LogP contribution in [0.25, 0.3) is 0 Å². The fraction of sp³-hybridized carbons (Fsp3) is 1.00. The van der Waals surface area contributed by atoms with Crippen LogP contribution in [-0.2, 0) is 4.74 Å². The second-order valence-corrected chi connectivity index (χ2v) is 5.18. The third kappa shape index (κ3) is 5.84. The predicted molar refractivity (Wildman–Crippen MR) is 73.5 cm³/mol. The molecule has 3 nitrogen and oxygen atoms in total. The largest absolute Gasteiger partial charge is 0.374 e. The summed E-state index contributed by atoms with van der Waals surface area (Å²) in [6.07, 6.45) is 7.01. The van der Waals surface area contributed by atoms with Crippen LogP contribution in [0.1, 0.15) is 46.0 Å². The first-order chi connectivity index (χ1) is 8.27. The highest BCUT2D eigenvalue weighted by atomic mass is 16.5. The minimum absolute atomic E-state index is 0.385. The van der Waals surface area contributed by atoms with Crippen LogP contribution >= 0.6 is 0 Å². The molecule has 17 heavy (non-hydrogen) atoms. The minimum Gasteiger partial charge on any atom is -0.374 e. The molecule has 0 aromatic carbocycles. The standard InChI is InChI=1S/C14H30N2O/c1-4-6-7-8-9-13(15-5-2)14-12-16(3)10-11-17-14/h13-15H,4-12H2,1-3H3. The van der Waals surface area contributed by atoms with Crippen LogP contribution in [0.4, 0.5) is 0 Å². The summed E-state index contributed by atoms with van der Waals surface area (Å²) in [6.45, 7) is 8.53. The van der Waals surface area contributed by atoms with E-state index in [4.69, 9.17) is 4.74 Å². The molecule has 1 fully saturated rings. The van der Waals surface area contributed by atoms with Crippen LogP contribution in [0.3, 0.4) is 0 Å². The Kier molecular flexibility index (Phi) is 7.82. The van der Waals surface area contributed by atoms with Crippen LogP contribution < -0.4 is 5.32 Å². The number of morpholine rings is 1. The van der Waals surface area contributed by atoms with E-state index in [0.29, 0.717) is 12.1 Å². The van der Waals surface area contributed by atoms with Gasteiger partial charge in [-0.1, -0.05) is 39.5 Å². The van der Waals surface area contributed by atoms with E-state index in [1.165, 1.54) is 32.1 Å². The molecule has 1 heterocycles. The molecule has 0 bridgehead atoms. The quantitative estimate of drug-likeness (QED) is 0.661. The Morgan fingerprint density at radius 1 is 1.29 bits per heavy atom. The third-order valence-corrected chi connectivity index (χ3v) is 3.58. The minimum atomic E-state index is 0.385. The number of nitrogens with one attached hydrogen (secondary N) is 1. The summed E-state index contributed by atoms with van der Waals surface area (Å²) >= 11 is 0. The summed E-state index contributed by atoms with van der Waals surface area (Å²) in [4.78, 5) is 2.38. The third-order valence-electron chi connectivity index (χ3n) is 3.58. The summed E-state index contributed by atoms with van der Waals surface area (Å²) in [6, 6.07) is 0.541. The highest BCUT2D eigenvalue weighted by Crippen LogP contribution is 2.14. The Morgan fingerprint density at radius 2 is 2.12 bits per heavy atom. The second kappa shape index (κ2) is 8.90. The number of ether oxygens (including phenoxy) is 1. The van der Waals surface area contributed by atoms with Gasteiger partial charge in [0.1, 0.15) is 0 Å². The van der Waals surface area contributed by atoms with Crippen LogP contribution in [0.5, 0.6) is 0 Å². The van der Waals surface area contributed by atoms with E-state index in [1.54, 1.807) is 0 Å². The zero-order valence-electron chi connectivity index (χ0n) is 11.9. The molecule has 0 aromatic rings. The van der Waals surface area contributed by atoms with Gasteiger partial charge in [0.25, 0.3) is 0 Å². The first kappa shape index (κ1) is 14.9. The van der Waals surface area contributed by atoms with Gasteiger partial charge in [0.05, 0.1) is 12.7 Å². The smallest absolute Gasteiger partial charge is 0.0855 e. The van der Waals surface area contributed by atoms with Crippen LogP contribution in [0.2, 0.25) is 0 Å². The molecule has 0 aromatic heterocycles. The lowest BCUT2D eigenvalue weighted by molar-refractivity contribution is -0.0399. The fourth-order valence-corrected chi connectivity index (χ4v) is 2.53. The monoisotopic (exact) mass is 242 g/mol. The summed E-state index contributed by atoms with van der Waals surface area (Å²) in [5.41, 5.74) is 0. The molecule has 102 valence electrons. The van der Waals surface area contributed by atoms with E-state index in [0.717, 1.165) is 26.2 Å². The van der Waals surface area contributed by atoms with E-state index in [1.807, 2.05) is 0 Å². The van der Waals surface area contributed by atoms with Gasteiger partial charge in [0.2, 0.25) is 0 Å². The van der Waals surface area contributed by atoms with Gasteiger partial charge < -0.3 is 15.0 Å². The molecule has 0 radical (unpaired) electrons. The topological polar surface area (TPSA) is 24.5 Å². The van der Waals surface area contributed by atoms with Crippen molar-refractivity contribution < 1.29 is 4.74 Å². The highest BCUT2D eigenvalue weighted by molar-refractivity contribution is 4.81. The number of rotatable bonds is 8. The van der Waals surface area contributed by atoms with E-state index in [2.05, 4.69) is 31.1 Å². The molecule has 0 amide bonds. The van der Waals surface area contributed by atoms with Gasteiger partial charge in [-0.15, -0.1) is 0 Å². The molecule has 1 N–H and O–H groups in total. The maximum absolute atomic E-state index is 5.92. The lowest BCUT2D eigenvalue weighted by Gasteiger charge is -2.35. The first-order valence-electron chi connectivity index (χ1n) is 7.31. The van der Waals surface area contributed by atoms with Gasteiger partial charge in [-0.3, -0.25) is 0 Å². The molecule has 2 atom stereocenters. The zero-order valence-corrected chi connectivity index (χ0v) is 11.9. The highest BCUT2D eigenvalue weighted by Gasteiger charge is 2.25. The summed E-state index contributed by atoms with van der Waals surface area (Å²) in [7, 11) is 2.19. The Hall–Kier alpha value is -0.120. The van der Waals surface area contributed by atoms with Gasteiger partial charge >= 0.3 is 0 Å². The normalized spacial score (nSPS) is 23.8. The lowest BCUT2D eigenvalue weighted by atomic mass is 10.0. The van der Waals surface area contributed by atoms with Crippen LogP contribution in [-0.4, -0.2) is 50.3 Å². The van der Waals surface area contributed by atoms with Gasteiger partial charge in [-0.2, -0.15) is 0 Å². The van der Waals surface area contributed by atoms with E-state index in [-0.39, 0.29) is 0 Å². The first-order valence-corrected chi connectivity index (χ1v) is 7.31. The Balaban J connectivity index is 2.30. The number of hydrogen-bond acceptors (Lipinski definition) is 3. The Labute approximate surface area is 107 Å². The average Bonchev–Trinajstić information content (AvgIpc) is 2.33. The molecular formula is C14H30N2O. The molecule has 1 rings (SSSR count). The van der Waals surface area contributed by atoms with E-state index < -0.39 is 0 Å². The molecule has 1 aliphatic heterocycles. The van der Waals surface area contributed by atoms with Crippen molar-refractivity contribution in [2.45, 2.75) is 58.1 Å². The lowest BCUT2D eigenvalue weighted by Crippen LogP contribution is -2.51. The molecule has 0 aliphatic carbocycles. The SMILES string of the molecule is CCCCCCC(NCC)C1CN(C)CCO1. The van der Waals surface area contributed by atoms with Gasteiger partial charge in [-0.25, -0.2) is 0 Å². The molecule has 2 unspecified atom stereocenters. The van der Waals surface area contributed by atoms with Crippen molar-refractivity contribution in [2.75, 3.05) is 33.3 Å². The Bertz CT molecular complexity index is 187. The van der Waals surface area contributed by atoms with Crippen molar-refractivity contribution in [3.05, 3.63) is 0 Å². The summed E-state index contributed by atoms with van der Waals surface area (Å²) in [5.74, 6) is 0. The maximum Gasteiger partial charge on any atom is 0.0855 e. The number of unbranched alkanes of at least 4 members (excludes halogenated alkanes) is 3. The molecule has 0 spiro atoms. The fourth-order valence-electron chi connectivity index (χ4n) is 2.53. The maximum atomic E-state index is 5.92. The molecular weight excluding hydrogens is 212 g/mol. The molecule has 0 saturated carbocycles. The number of likely N-dealkylation sites (N-methyl/N-ethyl adjacent to an activating group) is 2. The van der Waals surface area contributed by atoms with Crippen molar-refractivity contribution in [3.63, 3.8) is 0 Å². The summed E-state index contributed by atoms with van der Waals surface area (Å²) < 4.78 is 5.92. The number of nitrogens with zero attached hydrogens (tertiary/aromatic N) is 1. The summed E-state index contributed by atoms with van der Waals surface area (Å²) in [5, 5.41) is 3.60. The van der Waals surface area contributed by atoms with Crippen molar-refractivity contribution in [2.24, 2.45) is 0 Å². The van der Waals surface area contributed by atoms with Crippen LogP contribution in [0.15, 0.2) is 0 Å². The average molecular weight is 242 g/mol. The van der Waals surface area contributed by atoms with Crippen molar-refractivity contribution in [1.82, 2.24) is 10.2 Å². The van der Waals surface area contributed by atoms with Crippen LogP contribution in [0, 0.1) is 0 Å². The molecule has 1 aliphatic rings. The number of hydrogen-bond donors (Lipinski definition) is 1. The van der Waals surface area contributed by atoms with Crippen molar-refractivity contribution in [3.8, 4) is 0 Å². The zero-order chi connectivity index (χ0) is 12.5. The van der Waals surface area contributed by atoms with E-state index in [9.17, 15) is 0 Å². The van der Waals surface area contributed by atoms with Crippen molar-refractivity contribution >= 4 is 0 Å². The second-order valence-electron chi connectivity index (χ2n) is 5.18. The molecule has 1 saturated heterocycles. The predicted octanol–water partition coefficient (Wildman–Crippen LogP) is 2.27. The van der Waals surface area contributed by atoms with Gasteiger partial charge in [0, 0.05) is 19.1 Å². The van der Waals surface area contributed by atoms with Gasteiger partial charge in [0.15, 0.2) is 0 Å². The van der Waals surface area contributed by atoms with E-state index >= 15 is 0 Å².